The zero-order valence-corrected chi connectivity index (χ0v) is 13.0. The number of nitrogens with one attached hydrogen (secondary N) is 1. The standard InChI is InChI=1S/C15H21NO3S/c1-12-4-6-14(7-5-12)20(17,18)16-9-8-13-10-15(2,3)19-11-13/h4-8,16H,9-11H2,1-3H3. The molecule has 1 saturated heterocycles. The van der Waals surface area contributed by atoms with Crippen molar-refractivity contribution in [1.29, 1.82) is 0 Å². The summed E-state index contributed by atoms with van der Waals surface area (Å²) in [6, 6.07) is 6.82. The molecule has 0 spiro atoms. The van der Waals surface area contributed by atoms with Gasteiger partial charge in [0.2, 0.25) is 10.0 Å². The summed E-state index contributed by atoms with van der Waals surface area (Å²) >= 11 is 0. The lowest BCUT2D eigenvalue weighted by atomic mass is 10.0. The largest absolute Gasteiger partial charge is 0.371 e. The Labute approximate surface area is 120 Å². The van der Waals surface area contributed by atoms with Gasteiger partial charge in [0, 0.05) is 6.54 Å². The minimum atomic E-state index is -3.43. The predicted octanol–water partition coefficient (Wildman–Crippen LogP) is 2.40. The van der Waals surface area contributed by atoms with Crippen LogP contribution >= 0.6 is 0 Å². The first-order valence-electron chi connectivity index (χ1n) is 6.67. The molecule has 1 aliphatic heterocycles. The van der Waals surface area contributed by atoms with Gasteiger partial charge in [0.05, 0.1) is 17.1 Å². The minimum Gasteiger partial charge on any atom is -0.371 e. The van der Waals surface area contributed by atoms with Crippen LogP contribution in [0.1, 0.15) is 25.8 Å². The van der Waals surface area contributed by atoms with Gasteiger partial charge >= 0.3 is 0 Å². The summed E-state index contributed by atoms with van der Waals surface area (Å²) in [6.45, 7) is 6.87. The van der Waals surface area contributed by atoms with E-state index in [9.17, 15) is 8.42 Å². The third-order valence-corrected chi connectivity index (χ3v) is 4.74. The van der Waals surface area contributed by atoms with Crippen molar-refractivity contribution in [3.8, 4) is 0 Å². The van der Waals surface area contributed by atoms with Crippen LogP contribution < -0.4 is 4.72 Å². The lowest BCUT2D eigenvalue weighted by molar-refractivity contribution is 0.0377. The predicted molar refractivity (Wildman–Crippen MR) is 79.1 cm³/mol. The number of ether oxygens (including phenoxy) is 1. The monoisotopic (exact) mass is 295 g/mol. The van der Waals surface area contributed by atoms with Gasteiger partial charge in [-0.15, -0.1) is 0 Å². The molecule has 2 rings (SSSR count). The third kappa shape index (κ3) is 3.91. The third-order valence-electron chi connectivity index (χ3n) is 3.30. The molecule has 5 heteroatoms. The summed E-state index contributed by atoms with van der Waals surface area (Å²) in [6.07, 6.45) is 2.75. The quantitative estimate of drug-likeness (QED) is 0.868. The van der Waals surface area contributed by atoms with E-state index in [0.717, 1.165) is 17.6 Å². The van der Waals surface area contributed by atoms with E-state index in [1.165, 1.54) is 0 Å². The van der Waals surface area contributed by atoms with E-state index >= 15 is 0 Å². The number of rotatable bonds is 4. The van der Waals surface area contributed by atoms with Crippen molar-refractivity contribution in [2.75, 3.05) is 13.2 Å². The van der Waals surface area contributed by atoms with Gasteiger partial charge < -0.3 is 4.74 Å². The van der Waals surface area contributed by atoms with Crippen LogP contribution in [0.5, 0.6) is 0 Å². The maximum Gasteiger partial charge on any atom is 0.240 e. The molecule has 0 aromatic heterocycles. The molecule has 0 radical (unpaired) electrons. The van der Waals surface area contributed by atoms with Gasteiger partial charge in [-0.2, -0.15) is 0 Å². The van der Waals surface area contributed by atoms with Crippen LogP contribution in [0.2, 0.25) is 0 Å². The Bertz CT molecular complexity index is 601. The fraction of sp³-hybridized carbons (Fsp3) is 0.467. The van der Waals surface area contributed by atoms with Crippen LogP contribution in [-0.4, -0.2) is 27.2 Å². The van der Waals surface area contributed by atoms with Gasteiger partial charge in [-0.25, -0.2) is 13.1 Å². The number of benzene rings is 1. The summed E-state index contributed by atoms with van der Waals surface area (Å²) in [7, 11) is -3.43. The zero-order chi connectivity index (χ0) is 14.8. The topological polar surface area (TPSA) is 55.4 Å². The molecule has 0 atom stereocenters. The summed E-state index contributed by atoms with van der Waals surface area (Å²) < 4.78 is 32.3. The highest BCUT2D eigenvalue weighted by Crippen LogP contribution is 2.28. The molecule has 110 valence electrons. The van der Waals surface area contributed by atoms with E-state index in [4.69, 9.17) is 4.74 Å². The summed E-state index contributed by atoms with van der Waals surface area (Å²) in [5, 5.41) is 0. The Morgan fingerprint density at radius 1 is 1.30 bits per heavy atom. The molecule has 0 aliphatic carbocycles. The number of sulfonamides is 1. The molecule has 1 aromatic carbocycles. The number of hydrogen-bond donors (Lipinski definition) is 1. The minimum absolute atomic E-state index is 0.137. The molecule has 1 aliphatic rings. The Morgan fingerprint density at radius 3 is 2.50 bits per heavy atom. The Hall–Kier alpha value is -1.17. The van der Waals surface area contributed by atoms with Crippen molar-refractivity contribution in [2.45, 2.75) is 37.7 Å². The van der Waals surface area contributed by atoms with E-state index in [1.807, 2.05) is 26.8 Å². The van der Waals surface area contributed by atoms with Gasteiger partial charge in [0.25, 0.3) is 0 Å². The lowest BCUT2D eigenvalue weighted by Crippen LogP contribution is -2.24. The zero-order valence-electron chi connectivity index (χ0n) is 12.1. The van der Waals surface area contributed by atoms with Gasteiger partial charge in [-0.1, -0.05) is 23.8 Å². The van der Waals surface area contributed by atoms with Gasteiger partial charge in [-0.3, -0.25) is 0 Å². The average Bonchev–Trinajstić information content (AvgIpc) is 2.69. The van der Waals surface area contributed by atoms with E-state index in [1.54, 1.807) is 24.3 Å². The number of hydrogen-bond acceptors (Lipinski definition) is 3. The van der Waals surface area contributed by atoms with Crippen molar-refractivity contribution in [3.63, 3.8) is 0 Å². The first-order valence-corrected chi connectivity index (χ1v) is 8.15. The van der Waals surface area contributed by atoms with Crippen LogP contribution in [0.25, 0.3) is 0 Å². The van der Waals surface area contributed by atoms with Crippen LogP contribution in [0, 0.1) is 6.92 Å². The number of aryl methyl sites for hydroxylation is 1. The average molecular weight is 295 g/mol. The molecule has 4 nitrogen and oxygen atoms in total. The molecular formula is C15H21NO3S. The molecular weight excluding hydrogens is 274 g/mol. The van der Waals surface area contributed by atoms with Gasteiger partial charge in [0.15, 0.2) is 0 Å². The lowest BCUT2D eigenvalue weighted by Gasteiger charge is -2.14. The molecule has 0 unspecified atom stereocenters. The molecule has 0 bridgehead atoms. The van der Waals surface area contributed by atoms with Crippen molar-refractivity contribution in [2.24, 2.45) is 0 Å². The molecule has 1 heterocycles. The Kier molecular flexibility index (Phi) is 4.32. The molecule has 20 heavy (non-hydrogen) atoms. The molecule has 1 N–H and O–H groups in total. The second-order valence-corrected chi connectivity index (χ2v) is 7.52. The van der Waals surface area contributed by atoms with E-state index < -0.39 is 10.0 Å². The smallest absolute Gasteiger partial charge is 0.240 e. The van der Waals surface area contributed by atoms with Gasteiger partial charge in [-0.05, 0) is 44.9 Å². The van der Waals surface area contributed by atoms with Crippen LogP contribution in [-0.2, 0) is 14.8 Å². The van der Waals surface area contributed by atoms with Crippen LogP contribution in [0.15, 0.2) is 40.8 Å². The van der Waals surface area contributed by atoms with Crippen LogP contribution in [0.4, 0.5) is 0 Å². The van der Waals surface area contributed by atoms with E-state index in [2.05, 4.69) is 4.72 Å². The van der Waals surface area contributed by atoms with Crippen LogP contribution in [0.3, 0.4) is 0 Å². The summed E-state index contributed by atoms with van der Waals surface area (Å²) in [4.78, 5) is 0.296. The molecule has 1 aromatic rings. The van der Waals surface area contributed by atoms with Gasteiger partial charge in [0.1, 0.15) is 0 Å². The highest BCUT2D eigenvalue weighted by Gasteiger charge is 2.27. The molecule has 0 amide bonds. The maximum atomic E-state index is 12.1. The maximum absolute atomic E-state index is 12.1. The highest BCUT2D eigenvalue weighted by molar-refractivity contribution is 7.89. The molecule has 0 saturated carbocycles. The summed E-state index contributed by atoms with van der Waals surface area (Å²) in [5.41, 5.74) is 2.04. The second kappa shape index (κ2) is 5.68. The molecule has 1 fully saturated rings. The van der Waals surface area contributed by atoms with Crippen molar-refractivity contribution >= 4 is 10.0 Å². The van der Waals surface area contributed by atoms with Crippen molar-refractivity contribution < 1.29 is 13.2 Å². The van der Waals surface area contributed by atoms with Crippen molar-refractivity contribution in [3.05, 3.63) is 41.5 Å². The first-order chi connectivity index (χ1) is 9.28. The van der Waals surface area contributed by atoms with Crippen molar-refractivity contribution in [1.82, 2.24) is 4.72 Å². The first kappa shape index (κ1) is 15.2. The second-order valence-electron chi connectivity index (χ2n) is 5.75. The SMILES string of the molecule is Cc1ccc(S(=O)(=O)NCC=C2COC(C)(C)C2)cc1. The fourth-order valence-electron chi connectivity index (χ4n) is 2.16. The van der Waals surface area contributed by atoms with E-state index in [0.29, 0.717) is 18.0 Å². The Balaban J connectivity index is 1.97. The fourth-order valence-corrected chi connectivity index (χ4v) is 3.13. The normalized spacial score (nSPS) is 20.4. The van der Waals surface area contributed by atoms with E-state index in [-0.39, 0.29) is 5.60 Å². The highest BCUT2D eigenvalue weighted by atomic mass is 32.2. The Morgan fingerprint density at radius 2 is 1.95 bits per heavy atom. The summed E-state index contributed by atoms with van der Waals surface area (Å²) in [5.74, 6) is 0.